The van der Waals surface area contributed by atoms with E-state index in [0.29, 0.717) is 23.6 Å². The summed E-state index contributed by atoms with van der Waals surface area (Å²) >= 11 is 1.59. The standard InChI is InChI=1S/C16H18F3NO4S2/c1-4-25-14(21)12(15(22)26-5-2)16(3,8-20(23)24)9-6-10(17)13(19)11(18)7-9/h6-7,12H,4-5,8H2,1-3H3/t16-/m1/s1. The zero-order valence-electron chi connectivity index (χ0n) is 14.4. The van der Waals surface area contributed by atoms with Crippen molar-refractivity contribution >= 4 is 33.8 Å². The predicted octanol–water partition coefficient (Wildman–Crippen LogP) is 3.81. The Morgan fingerprint density at radius 3 is 1.88 bits per heavy atom. The van der Waals surface area contributed by atoms with Crippen molar-refractivity contribution in [1.82, 2.24) is 0 Å². The molecule has 0 saturated heterocycles. The maximum Gasteiger partial charge on any atom is 0.214 e. The SMILES string of the molecule is CCSC(=O)C(C(=O)SCC)[C@](C)(C[N+](=O)[O-])c1cc(F)c(F)c(F)c1. The Morgan fingerprint density at radius 2 is 1.54 bits per heavy atom. The first kappa shape index (κ1) is 22.5. The van der Waals surface area contributed by atoms with Gasteiger partial charge in [0.2, 0.25) is 16.8 Å². The third-order valence-corrected chi connectivity index (χ3v) is 5.40. The molecule has 1 aromatic carbocycles. The van der Waals surface area contributed by atoms with E-state index in [1.54, 1.807) is 13.8 Å². The summed E-state index contributed by atoms with van der Waals surface area (Å²) in [5.41, 5.74) is -2.15. The second-order valence-corrected chi connectivity index (χ2v) is 8.14. The number of hydrogen-bond donors (Lipinski definition) is 0. The molecule has 0 saturated carbocycles. The lowest BCUT2D eigenvalue weighted by molar-refractivity contribution is -0.491. The van der Waals surface area contributed by atoms with Crippen LogP contribution in [0.15, 0.2) is 12.1 Å². The third-order valence-electron chi connectivity index (χ3n) is 3.78. The molecule has 1 atom stereocenters. The van der Waals surface area contributed by atoms with E-state index >= 15 is 0 Å². The van der Waals surface area contributed by atoms with Gasteiger partial charge < -0.3 is 0 Å². The van der Waals surface area contributed by atoms with Gasteiger partial charge in [-0.25, -0.2) is 13.2 Å². The van der Waals surface area contributed by atoms with Crippen molar-refractivity contribution in [2.24, 2.45) is 5.92 Å². The summed E-state index contributed by atoms with van der Waals surface area (Å²) in [5.74, 6) is -5.68. The average molecular weight is 409 g/mol. The van der Waals surface area contributed by atoms with E-state index in [2.05, 4.69) is 0 Å². The number of carbonyl (C=O) groups excluding carboxylic acids is 2. The molecule has 0 amide bonds. The van der Waals surface area contributed by atoms with Crippen LogP contribution in [-0.4, -0.2) is 33.2 Å². The molecule has 1 rings (SSSR count). The Morgan fingerprint density at radius 1 is 1.12 bits per heavy atom. The number of nitro groups is 1. The molecule has 0 aliphatic heterocycles. The van der Waals surface area contributed by atoms with Gasteiger partial charge in [-0.05, 0) is 36.1 Å². The second-order valence-electron chi connectivity index (χ2n) is 5.60. The minimum absolute atomic E-state index is 0.314. The smallest absolute Gasteiger partial charge is 0.214 e. The summed E-state index contributed by atoms with van der Waals surface area (Å²) in [6, 6.07) is 1.20. The normalized spacial score (nSPS) is 13.5. The van der Waals surface area contributed by atoms with Gasteiger partial charge in [-0.3, -0.25) is 19.7 Å². The van der Waals surface area contributed by atoms with Crippen LogP contribution in [-0.2, 0) is 15.0 Å². The summed E-state index contributed by atoms with van der Waals surface area (Å²) in [4.78, 5) is 35.5. The average Bonchev–Trinajstić information content (AvgIpc) is 2.51. The lowest BCUT2D eigenvalue weighted by Gasteiger charge is -2.32. The molecular weight excluding hydrogens is 391 g/mol. The highest BCUT2D eigenvalue weighted by Crippen LogP contribution is 2.39. The van der Waals surface area contributed by atoms with E-state index in [0.717, 1.165) is 23.5 Å². The Kier molecular flexibility index (Phi) is 8.14. The van der Waals surface area contributed by atoms with Crippen molar-refractivity contribution in [3.63, 3.8) is 0 Å². The van der Waals surface area contributed by atoms with Crippen LogP contribution in [0.4, 0.5) is 13.2 Å². The number of thioether (sulfide) groups is 2. The minimum Gasteiger partial charge on any atom is -0.286 e. The molecule has 10 heteroatoms. The van der Waals surface area contributed by atoms with Gasteiger partial charge in [0.1, 0.15) is 5.92 Å². The van der Waals surface area contributed by atoms with Gasteiger partial charge >= 0.3 is 0 Å². The highest BCUT2D eigenvalue weighted by Gasteiger charge is 2.49. The topological polar surface area (TPSA) is 77.3 Å². The monoisotopic (exact) mass is 409 g/mol. The molecule has 0 aliphatic carbocycles. The lowest BCUT2D eigenvalue weighted by Crippen LogP contribution is -2.46. The Labute approximate surface area is 157 Å². The molecule has 0 spiro atoms. The fraction of sp³-hybridized carbons (Fsp3) is 0.500. The predicted molar refractivity (Wildman–Crippen MR) is 95.3 cm³/mol. The van der Waals surface area contributed by atoms with Crippen LogP contribution < -0.4 is 0 Å². The third kappa shape index (κ3) is 5.00. The first-order chi connectivity index (χ1) is 12.1. The van der Waals surface area contributed by atoms with E-state index in [1.165, 1.54) is 6.92 Å². The van der Waals surface area contributed by atoms with Gasteiger partial charge in [-0.1, -0.05) is 37.4 Å². The van der Waals surface area contributed by atoms with Crippen LogP contribution in [0.5, 0.6) is 0 Å². The molecule has 26 heavy (non-hydrogen) atoms. The molecule has 5 nitrogen and oxygen atoms in total. The van der Waals surface area contributed by atoms with E-state index in [1.807, 2.05) is 0 Å². The first-order valence-electron chi connectivity index (χ1n) is 7.68. The maximum atomic E-state index is 13.7. The second kappa shape index (κ2) is 9.40. The molecule has 0 heterocycles. The van der Waals surface area contributed by atoms with Crippen LogP contribution in [0.3, 0.4) is 0 Å². The van der Waals surface area contributed by atoms with Gasteiger partial charge in [0.25, 0.3) is 0 Å². The maximum absolute atomic E-state index is 13.7. The summed E-state index contributed by atoms with van der Waals surface area (Å²) in [6.45, 7) is 3.63. The molecule has 0 aliphatic rings. The van der Waals surface area contributed by atoms with Crippen molar-refractivity contribution in [3.8, 4) is 0 Å². The molecule has 0 bridgehead atoms. The summed E-state index contributed by atoms with van der Waals surface area (Å²) in [7, 11) is 0. The first-order valence-corrected chi connectivity index (χ1v) is 9.65. The number of halogens is 3. The molecule has 0 N–H and O–H groups in total. The summed E-state index contributed by atoms with van der Waals surface area (Å²) in [6.07, 6.45) is 0. The van der Waals surface area contributed by atoms with Crippen molar-refractivity contribution in [1.29, 1.82) is 0 Å². The zero-order valence-corrected chi connectivity index (χ0v) is 16.0. The fourth-order valence-corrected chi connectivity index (χ4v) is 4.28. The quantitative estimate of drug-likeness (QED) is 0.281. The van der Waals surface area contributed by atoms with Crippen LogP contribution in [0.2, 0.25) is 0 Å². The minimum atomic E-state index is -1.84. The number of carbonyl (C=O) groups is 2. The van der Waals surface area contributed by atoms with Gasteiger partial charge in [0, 0.05) is 4.92 Å². The number of nitrogens with zero attached hydrogens (tertiary/aromatic N) is 1. The van der Waals surface area contributed by atoms with Crippen molar-refractivity contribution in [3.05, 3.63) is 45.3 Å². The van der Waals surface area contributed by atoms with E-state index in [4.69, 9.17) is 0 Å². The fourth-order valence-electron chi connectivity index (χ4n) is 2.57. The van der Waals surface area contributed by atoms with E-state index in [9.17, 15) is 32.9 Å². The van der Waals surface area contributed by atoms with Gasteiger partial charge in [-0.15, -0.1) is 0 Å². The molecule has 0 unspecified atom stereocenters. The van der Waals surface area contributed by atoms with Crippen molar-refractivity contribution in [2.75, 3.05) is 18.1 Å². The number of benzene rings is 1. The van der Waals surface area contributed by atoms with Gasteiger partial charge in [-0.2, -0.15) is 0 Å². The Hall–Kier alpha value is -1.55. The van der Waals surface area contributed by atoms with Gasteiger partial charge in [0.05, 0.1) is 5.41 Å². The van der Waals surface area contributed by atoms with Gasteiger partial charge in [0.15, 0.2) is 17.5 Å². The highest BCUT2D eigenvalue weighted by atomic mass is 32.2. The van der Waals surface area contributed by atoms with Crippen LogP contribution in [0.1, 0.15) is 26.3 Å². The molecule has 0 fully saturated rings. The summed E-state index contributed by atoms with van der Waals surface area (Å²) in [5, 5.41) is 9.94. The molecule has 144 valence electrons. The van der Waals surface area contributed by atoms with Crippen molar-refractivity contribution in [2.45, 2.75) is 26.2 Å². The van der Waals surface area contributed by atoms with Crippen molar-refractivity contribution < 1.29 is 27.7 Å². The van der Waals surface area contributed by atoms with Crippen LogP contribution in [0.25, 0.3) is 0 Å². The van der Waals surface area contributed by atoms with E-state index in [-0.39, 0.29) is 5.56 Å². The lowest BCUT2D eigenvalue weighted by atomic mass is 9.72. The number of hydrogen-bond acceptors (Lipinski definition) is 6. The van der Waals surface area contributed by atoms with Crippen LogP contribution >= 0.6 is 23.5 Å². The Balaban J connectivity index is 3.63. The highest BCUT2D eigenvalue weighted by molar-refractivity contribution is 8.15. The van der Waals surface area contributed by atoms with Crippen LogP contribution in [0, 0.1) is 33.5 Å². The number of rotatable bonds is 8. The van der Waals surface area contributed by atoms with E-state index < -0.39 is 50.5 Å². The molecule has 1 aromatic rings. The largest absolute Gasteiger partial charge is 0.286 e. The summed E-state index contributed by atoms with van der Waals surface area (Å²) < 4.78 is 40.7. The molecule has 0 aromatic heterocycles. The molecular formula is C16H18F3NO4S2. The molecule has 0 radical (unpaired) electrons. The zero-order chi connectivity index (χ0) is 20.1. The Bertz CT molecular complexity index is 676.